The number of hydrogen-bond acceptors (Lipinski definition) is 3. The number of benzene rings is 1. The molecule has 1 unspecified atom stereocenters. The first kappa shape index (κ1) is 17.2. The van der Waals surface area contributed by atoms with Crippen molar-refractivity contribution in [3.05, 3.63) is 48.6 Å². The Morgan fingerprint density at radius 1 is 1.35 bits per heavy atom. The maximum Gasteiger partial charge on any atom is 0.311 e. The van der Waals surface area contributed by atoms with E-state index >= 15 is 0 Å². The van der Waals surface area contributed by atoms with Crippen LogP contribution < -0.4 is 5.32 Å². The second kappa shape index (κ2) is 7.92. The summed E-state index contributed by atoms with van der Waals surface area (Å²) in [5.41, 5.74) is 0.236. The molecule has 124 valence electrons. The van der Waals surface area contributed by atoms with Crippen molar-refractivity contribution < 1.29 is 14.7 Å². The van der Waals surface area contributed by atoms with Crippen LogP contribution in [-0.4, -0.2) is 41.5 Å². The molecule has 1 amide bonds. The summed E-state index contributed by atoms with van der Waals surface area (Å²) < 4.78 is 0. The SMILES string of the molecule is C=CCC1(C(=O)O)CCCN(C(=O)CNCc2ccccc2)C1. The first-order valence-corrected chi connectivity index (χ1v) is 7.94. The number of piperidine rings is 1. The summed E-state index contributed by atoms with van der Waals surface area (Å²) >= 11 is 0. The van der Waals surface area contributed by atoms with Gasteiger partial charge in [-0.2, -0.15) is 0 Å². The fourth-order valence-corrected chi connectivity index (χ4v) is 3.07. The second-order valence-electron chi connectivity index (χ2n) is 6.09. The van der Waals surface area contributed by atoms with Crippen LogP contribution in [0.4, 0.5) is 0 Å². The van der Waals surface area contributed by atoms with Gasteiger partial charge in [0.25, 0.3) is 0 Å². The Labute approximate surface area is 137 Å². The molecule has 0 aromatic heterocycles. The van der Waals surface area contributed by atoms with Gasteiger partial charge in [-0.3, -0.25) is 9.59 Å². The van der Waals surface area contributed by atoms with Crippen LogP contribution >= 0.6 is 0 Å². The van der Waals surface area contributed by atoms with Crippen LogP contribution in [0.3, 0.4) is 0 Å². The van der Waals surface area contributed by atoms with Crippen LogP contribution in [0.2, 0.25) is 0 Å². The number of likely N-dealkylation sites (tertiary alicyclic amines) is 1. The summed E-state index contributed by atoms with van der Waals surface area (Å²) in [5, 5.41) is 12.7. The predicted octanol–water partition coefficient (Wildman–Crippen LogP) is 2.05. The Bertz CT molecular complexity index is 559. The molecule has 1 aliphatic heterocycles. The van der Waals surface area contributed by atoms with E-state index in [9.17, 15) is 14.7 Å². The molecule has 0 spiro atoms. The molecule has 1 aliphatic rings. The highest BCUT2D eigenvalue weighted by atomic mass is 16.4. The van der Waals surface area contributed by atoms with E-state index in [-0.39, 0.29) is 19.0 Å². The van der Waals surface area contributed by atoms with Gasteiger partial charge in [-0.15, -0.1) is 6.58 Å². The smallest absolute Gasteiger partial charge is 0.311 e. The molecule has 1 aromatic carbocycles. The van der Waals surface area contributed by atoms with Gasteiger partial charge in [-0.25, -0.2) is 0 Å². The highest BCUT2D eigenvalue weighted by Gasteiger charge is 2.42. The minimum absolute atomic E-state index is 0.0460. The molecule has 1 aromatic rings. The number of nitrogens with one attached hydrogen (secondary N) is 1. The summed E-state index contributed by atoms with van der Waals surface area (Å²) in [6, 6.07) is 9.86. The quantitative estimate of drug-likeness (QED) is 0.755. The van der Waals surface area contributed by atoms with Gasteiger partial charge in [-0.1, -0.05) is 36.4 Å². The molecule has 1 saturated heterocycles. The minimum Gasteiger partial charge on any atom is -0.481 e. The number of hydrogen-bond donors (Lipinski definition) is 2. The average Bonchev–Trinajstić information content (AvgIpc) is 2.56. The number of allylic oxidation sites excluding steroid dienone is 1. The minimum atomic E-state index is -0.880. The Balaban J connectivity index is 1.88. The molecular formula is C18H24N2O3. The van der Waals surface area contributed by atoms with E-state index in [1.807, 2.05) is 30.3 Å². The third-order valence-corrected chi connectivity index (χ3v) is 4.37. The molecule has 5 heteroatoms. The normalized spacial score (nSPS) is 21.0. The molecule has 0 saturated carbocycles. The molecule has 0 bridgehead atoms. The molecule has 1 atom stereocenters. The lowest BCUT2D eigenvalue weighted by atomic mass is 9.77. The van der Waals surface area contributed by atoms with Gasteiger partial charge in [0.05, 0.1) is 12.0 Å². The van der Waals surface area contributed by atoms with Gasteiger partial charge in [-0.05, 0) is 24.8 Å². The van der Waals surface area contributed by atoms with E-state index < -0.39 is 11.4 Å². The van der Waals surface area contributed by atoms with E-state index in [4.69, 9.17) is 0 Å². The average molecular weight is 316 g/mol. The van der Waals surface area contributed by atoms with Gasteiger partial charge < -0.3 is 15.3 Å². The number of carbonyl (C=O) groups is 2. The highest BCUT2D eigenvalue weighted by Crippen LogP contribution is 2.34. The van der Waals surface area contributed by atoms with Crippen LogP contribution in [0.5, 0.6) is 0 Å². The van der Waals surface area contributed by atoms with Crippen molar-refractivity contribution in [1.29, 1.82) is 0 Å². The monoisotopic (exact) mass is 316 g/mol. The molecule has 2 N–H and O–H groups in total. The number of nitrogens with zero attached hydrogens (tertiary/aromatic N) is 1. The molecule has 5 nitrogen and oxygen atoms in total. The van der Waals surface area contributed by atoms with Crippen LogP contribution in [0, 0.1) is 5.41 Å². The van der Waals surface area contributed by atoms with E-state index in [1.165, 1.54) is 0 Å². The molecule has 1 fully saturated rings. The molecular weight excluding hydrogens is 292 g/mol. The van der Waals surface area contributed by atoms with Crippen LogP contribution in [0.1, 0.15) is 24.8 Å². The van der Waals surface area contributed by atoms with E-state index in [0.29, 0.717) is 32.4 Å². The van der Waals surface area contributed by atoms with Gasteiger partial charge in [0.1, 0.15) is 0 Å². The van der Waals surface area contributed by atoms with Gasteiger partial charge in [0.2, 0.25) is 5.91 Å². The van der Waals surface area contributed by atoms with Crippen LogP contribution in [0.15, 0.2) is 43.0 Å². The number of amides is 1. The fraction of sp³-hybridized carbons (Fsp3) is 0.444. The number of carboxylic acids is 1. The van der Waals surface area contributed by atoms with Crippen molar-refractivity contribution in [2.45, 2.75) is 25.8 Å². The maximum absolute atomic E-state index is 12.3. The Morgan fingerprint density at radius 2 is 2.09 bits per heavy atom. The number of carboxylic acid groups (broad SMARTS) is 1. The lowest BCUT2D eigenvalue weighted by molar-refractivity contribution is -0.154. The second-order valence-corrected chi connectivity index (χ2v) is 6.09. The summed E-state index contributed by atoms with van der Waals surface area (Å²) in [6.07, 6.45) is 3.33. The number of carbonyl (C=O) groups excluding carboxylic acids is 1. The maximum atomic E-state index is 12.3. The lowest BCUT2D eigenvalue weighted by Gasteiger charge is -2.39. The van der Waals surface area contributed by atoms with E-state index in [0.717, 1.165) is 5.56 Å². The third kappa shape index (κ3) is 4.42. The van der Waals surface area contributed by atoms with E-state index in [1.54, 1.807) is 11.0 Å². The fourth-order valence-electron chi connectivity index (χ4n) is 3.07. The molecule has 2 rings (SSSR count). The van der Waals surface area contributed by atoms with E-state index in [2.05, 4.69) is 11.9 Å². The van der Waals surface area contributed by atoms with Crippen LogP contribution in [-0.2, 0) is 16.1 Å². The zero-order valence-electron chi connectivity index (χ0n) is 13.3. The topological polar surface area (TPSA) is 69.6 Å². The molecule has 0 aliphatic carbocycles. The molecule has 0 radical (unpaired) electrons. The Hall–Kier alpha value is -2.14. The third-order valence-electron chi connectivity index (χ3n) is 4.37. The predicted molar refractivity (Wildman–Crippen MR) is 88.8 cm³/mol. The zero-order valence-corrected chi connectivity index (χ0v) is 13.3. The summed E-state index contributed by atoms with van der Waals surface area (Å²) in [5.74, 6) is -0.887. The van der Waals surface area contributed by atoms with Crippen molar-refractivity contribution in [1.82, 2.24) is 10.2 Å². The van der Waals surface area contributed by atoms with Crippen molar-refractivity contribution in [3.63, 3.8) is 0 Å². The highest BCUT2D eigenvalue weighted by molar-refractivity contribution is 5.81. The largest absolute Gasteiger partial charge is 0.481 e. The van der Waals surface area contributed by atoms with Crippen molar-refractivity contribution in [2.75, 3.05) is 19.6 Å². The number of aliphatic carboxylic acids is 1. The Kier molecular flexibility index (Phi) is 5.93. The standard InChI is InChI=1S/C18H24N2O3/c1-2-9-18(17(22)23)10-6-11-20(14-18)16(21)13-19-12-15-7-4-3-5-8-15/h2-5,7-8,19H,1,6,9-14H2,(H,22,23). The molecule has 23 heavy (non-hydrogen) atoms. The van der Waals surface area contributed by atoms with Crippen molar-refractivity contribution in [2.24, 2.45) is 5.41 Å². The molecule has 1 heterocycles. The zero-order chi connectivity index (χ0) is 16.7. The van der Waals surface area contributed by atoms with Crippen LogP contribution in [0.25, 0.3) is 0 Å². The van der Waals surface area contributed by atoms with Gasteiger partial charge >= 0.3 is 5.97 Å². The summed E-state index contributed by atoms with van der Waals surface area (Å²) in [7, 11) is 0. The van der Waals surface area contributed by atoms with Crippen molar-refractivity contribution >= 4 is 11.9 Å². The first-order valence-electron chi connectivity index (χ1n) is 7.94. The van der Waals surface area contributed by atoms with Crippen molar-refractivity contribution in [3.8, 4) is 0 Å². The Morgan fingerprint density at radius 3 is 2.74 bits per heavy atom. The first-order chi connectivity index (χ1) is 11.1. The van der Waals surface area contributed by atoms with Gasteiger partial charge in [0.15, 0.2) is 0 Å². The number of rotatable bonds is 7. The van der Waals surface area contributed by atoms with Gasteiger partial charge in [0, 0.05) is 19.6 Å². The summed E-state index contributed by atoms with van der Waals surface area (Å²) in [4.78, 5) is 25.6. The summed E-state index contributed by atoms with van der Waals surface area (Å²) in [6.45, 7) is 5.39. The lowest BCUT2D eigenvalue weighted by Crippen LogP contribution is -2.51.